The van der Waals surface area contributed by atoms with Crippen molar-refractivity contribution in [2.24, 2.45) is 0 Å². The number of carboxylic acids is 1. The maximum Gasteiger partial charge on any atom is 0.303 e. The van der Waals surface area contributed by atoms with Crippen molar-refractivity contribution in [3.63, 3.8) is 0 Å². The molecular formula is C14H22N2O4. The van der Waals surface area contributed by atoms with Crippen LogP contribution in [0.5, 0.6) is 0 Å². The van der Waals surface area contributed by atoms with Crippen molar-refractivity contribution in [3.05, 3.63) is 17.0 Å². The number of nitrogens with zero attached hydrogens (tertiary/aromatic N) is 1. The number of aromatic nitrogens is 1. The molecule has 1 aromatic heterocycles. The number of nitrogens with one attached hydrogen (secondary N) is 1. The average molecular weight is 282 g/mol. The number of hydrogen-bond acceptors (Lipinski definition) is 4. The van der Waals surface area contributed by atoms with Crippen LogP contribution in [0.25, 0.3) is 0 Å². The summed E-state index contributed by atoms with van der Waals surface area (Å²) in [4.78, 5) is 22.3. The number of hydrogen-bond donors (Lipinski definition) is 2. The minimum atomic E-state index is -0.756. The highest BCUT2D eigenvalue weighted by Gasteiger charge is 2.18. The molecular weight excluding hydrogens is 260 g/mol. The van der Waals surface area contributed by atoms with Crippen molar-refractivity contribution in [3.8, 4) is 0 Å². The number of carboxylic acid groups (broad SMARTS) is 1. The Balaban J connectivity index is 2.23. The van der Waals surface area contributed by atoms with Gasteiger partial charge in [0.05, 0.1) is 5.69 Å². The first-order chi connectivity index (χ1) is 9.56. The molecule has 0 saturated heterocycles. The lowest BCUT2D eigenvalue weighted by atomic mass is 10.1. The van der Waals surface area contributed by atoms with E-state index >= 15 is 0 Å². The first-order valence-corrected chi connectivity index (χ1v) is 7.01. The number of unbranched alkanes of at least 4 members (excludes halogenated alkanes) is 3. The summed E-state index contributed by atoms with van der Waals surface area (Å²) in [7, 11) is 0. The molecule has 0 unspecified atom stereocenters. The van der Waals surface area contributed by atoms with Gasteiger partial charge in [-0.05, 0) is 26.2 Å². The third kappa shape index (κ3) is 5.03. The van der Waals surface area contributed by atoms with E-state index in [0.29, 0.717) is 36.4 Å². The van der Waals surface area contributed by atoms with Gasteiger partial charge in [-0.1, -0.05) is 24.9 Å². The van der Waals surface area contributed by atoms with Crippen LogP contribution >= 0.6 is 0 Å². The predicted octanol–water partition coefficient (Wildman–Crippen LogP) is 2.31. The van der Waals surface area contributed by atoms with Crippen LogP contribution in [0.15, 0.2) is 4.52 Å². The summed E-state index contributed by atoms with van der Waals surface area (Å²) in [5.41, 5.74) is 1.22. The van der Waals surface area contributed by atoms with Crippen molar-refractivity contribution in [2.45, 2.75) is 52.4 Å². The fourth-order valence-electron chi connectivity index (χ4n) is 2.00. The molecule has 1 amide bonds. The lowest BCUT2D eigenvalue weighted by molar-refractivity contribution is -0.137. The van der Waals surface area contributed by atoms with E-state index < -0.39 is 5.97 Å². The summed E-state index contributed by atoms with van der Waals surface area (Å²) < 4.78 is 5.02. The van der Waals surface area contributed by atoms with E-state index in [1.54, 1.807) is 6.92 Å². The van der Waals surface area contributed by atoms with E-state index in [1.165, 1.54) is 0 Å². The quantitative estimate of drug-likeness (QED) is 0.678. The van der Waals surface area contributed by atoms with Crippen LogP contribution in [0.2, 0.25) is 0 Å². The van der Waals surface area contributed by atoms with Crippen LogP contribution in [-0.4, -0.2) is 28.7 Å². The number of rotatable bonds is 9. The lowest BCUT2D eigenvalue weighted by Crippen LogP contribution is -2.25. The maximum absolute atomic E-state index is 12.0. The summed E-state index contributed by atoms with van der Waals surface area (Å²) in [5, 5.41) is 15.2. The number of aryl methyl sites for hydroxylation is 2. The van der Waals surface area contributed by atoms with Crippen molar-refractivity contribution in [1.82, 2.24) is 10.5 Å². The molecule has 6 nitrogen and oxygen atoms in total. The Morgan fingerprint density at radius 2 is 1.95 bits per heavy atom. The summed E-state index contributed by atoms with van der Waals surface area (Å²) in [6.07, 6.45) is 4.19. The van der Waals surface area contributed by atoms with Crippen LogP contribution in [0, 0.1) is 6.92 Å². The van der Waals surface area contributed by atoms with Crippen molar-refractivity contribution < 1.29 is 19.2 Å². The zero-order chi connectivity index (χ0) is 15.0. The molecule has 0 aliphatic heterocycles. The zero-order valence-corrected chi connectivity index (χ0v) is 12.1. The van der Waals surface area contributed by atoms with E-state index in [2.05, 4.69) is 10.5 Å². The minimum absolute atomic E-state index is 0.147. The van der Waals surface area contributed by atoms with E-state index in [1.807, 2.05) is 6.92 Å². The van der Waals surface area contributed by atoms with Crippen LogP contribution in [0.3, 0.4) is 0 Å². The fourth-order valence-corrected chi connectivity index (χ4v) is 2.00. The van der Waals surface area contributed by atoms with Gasteiger partial charge >= 0.3 is 5.97 Å². The third-order valence-corrected chi connectivity index (χ3v) is 3.10. The molecule has 1 aromatic rings. The molecule has 20 heavy (non-hydrogen) atoms. The summed E-state index contributed by atoms with van der Waals surface area (Å²) in [6, 6.07) is 0. The second kappa shape index (κ2) is 8.35. The molecule has 112 valence electrons. The van der Waals surface area contributed by atoms with Crippen molar-refractivity contribution >= 4 is 11.9 Å². The average Bonchev–Trinajstić information content (AvgIpc) is 2.78. The first-order valence-electron chi connectivity index (χ1n) is 7.01. The van der Waals surface area contributed by atoms with E-state index in [9.17, 15) is 9.59 Å². The van der Waals surface area contributed by atoms with Crippen LogP contribution in [0.1, 0.15) is 60.8 Å². The minimum Gasteiger partial charge on any atom is -0.481 e. The number of aliphatic carboxylic acids is 1. The maximum atomic E-state index is 12.0. The van der Waals surface area contributed by atoms with Gasteiger partial charge in [0.15, 0.2) is 0 Å². The molecule has 0 saturated carbocycles. The van der Waals surface area contributed by atoms with Crippen LogP contribution < -0.4 is 5.32 Å². The Labute approximate surface area is 118 Å². The first kappa shape index (κ1) is 16.2. The second-order valence-electron chi connectivity index (χ2n) is 4.73. The molecule has 0 spiro atoms. The van der Waals surface area contributed by atoms with Crippen LogP contribution in [0.4, 0.5) is 0 Å². The number of carbonyl (C=O) groups excluding carboxylic acids is 1. The van der Waals surface area contributed by atoms with Gasteiger partial charge in [-0.3, -0.25) is 9.59 Å². The molecule has 0 bridgehead atoms. The van der Waals surface area contributed by atoms with Crippen molar-refractivity contribution in [2.75, 3.05) is 6.54 Å². The largest absolute Gasteiger partial charge is 0.481 e. The highest BCUT2D eigenvalue weighted by molar-refractivity contribution is 5.96. The summed E-state index contributed by atoms with van der Waals surface area (Å²) in [6.45, 7) is 4.24. The Morgan fingerprint density at radius 3 is 2.60 bits per heavy atom. The van der Waals surface area contributed by atoms with Crippen molar-refractivity contribution in [1.29, 1.82) is 0 Å². The van der Waals surface area contributed by atoms with Gasteiger partial charge in [0.1, 0.15) is 11.3 Å². The standard InChI is InChI=1S/C14H22N2O4/c1-3-11-13(10(2)20-16-11)14(19)15-9-7-5-4-6-8-12(17)18/h3-9H2,1-2H3,(H,15,19)(H,17,18). The normalized spacial score (nSPS) is 10.5. The van der Waals surface area contributed by atoms with E-state index in [0.717, 1.165) is 19.3 Å². The third-order valence-electron chi connectivity index (χ3n) is 3.10. The summed E-state index contributed by atoms with van der Waals surface area (Å²) >= 11 is 0. The molecule has 0 aromatic carbocycles. The van der Waals surface area contributed by atoms with Gasteiger partial charge < -0.3 is 14.9 Å². The van der Waals surface area contributed by atoms with E-state index in [4.69, 9.17) is 9.63 Å². The van der Waals surface area contributed by atoms with Gasteiger partial charge in [-0.2, -0.15) is 0 Å². The molecule has 0 radical (unpaired) electrons. The Hall–Kier alpha value is -1.85. The molecule has 2 N–H and O–H groups in total. The monoisotopic (exact) mass is 282 g/mol. The lowest BCUT2D eigenvalue weighted by Gasteiger charge is -2.05. The molecule has 0 fully saturated rings. The molecule has 6 heteroatoms. The topological polar surface area (TPSA) is 92.4 Å². The van der Waals surface area contributed by atoms with Gasteiger partial charge in [-0.15, -0.1) is 0 Å². The Kier molecular flexibility index (Phi) is 6.76. The molecule has 0 aliphatic carbocycles. The van der Waals surface area contributed by atoms with Gasteiger partial charge in [-0.25, -0.2) is 0 Å². The summed E-state index contributed by atoms with van der Waals surface area (Å²) in [5.74, 6) is -0.361. The number of carbonyl (C=O) groups is 2. The van der Waals surface area contributed by atoms with Gasteiger partial charge in [0, 0.05) is 13.0 Å². The zero-order valence-electron chi connectivity index (χ0n) is 12.1. The molecule has 1 rings (SSSR count). The SMILES string of the molecule is CCc1noc(C)c1C(=O)NCCCCCCC(=O)O. The highest BCUT2D eigenvalue weighted by atomic mass is 16.5. The van der Waals surface area contributed by atoms with Crippen LogP contribution in [-0.2, 0) is 11.2 Å². The van der Waals surface area contributed by atoms with E-state index in [-0.39, 0.29) is 12.3 Å². The fraction of sp³-hybridized carbons (Fsp3) is 0.643. The number of amides is 1. The molecule has 0 atom stereocenters. The molecule has 1 heterocycles. The Morgan fingerprint density at radius 1 is 1.25 bits per heavy atom. The highest BCUT2D eigenvalue weighted by Crippen LogP contribution is 2.13. The Bertz CT molecular complexity index is 454. The second-order valence-corrected chi connectivity index (χ2v) is 4.73. The van der Waals surface area contributed by atoms with Gasteiger partial charge in [0.2, 0.25) is 0 Å². The molecule has 0 aliphatic rings. The van der Waals surface area contributed by atoms with Gasteiger partial charge in [0.25, 0.3) is 5.91 Å². The predicted molar refractivity (Wildman–Crippen MR) is 73.7 cm³/mol. The smallest absolute Gasteiger partial charge is 0.303 e.